The highest BCUT2D eigenvalue weighted by molar-refractivity contribution is 5.88. The van der Waals surface area contributed by atoms with Gasteiger partial charge in [0.25, 0.3) is 0 Å². The van der Waals surface area contributed by atoms with Crippen LogP contribution in [0.5, 0.6) is 0 Å². The largest absolute Gasteiger partial charge is 0.292 e. The van der Waals surface area contributed by atoms with Crippen molar-refractivity contribution < 1.29 is 0 Å². The normalized spacial score (nSPS) is 11.4. The van der Waals surface area contributed by atoms with Gasteiger partial charge in [0.05, 0.1) is 22.1 Å². The zero-order valence-corrected chi connectivity index (χ0v) is 31.2. The van der Waals surface area contributed by atoms with Crippen molar-refractivity contribution in [3.63, 3.8) is 0 Å². The quantitative estimate of drug-likeness (QED) is 0.162. The third kappa shape index (κ3) is 5.90. The lowest BCUT2D eigenvalue weighted by Gasteiger charge is -2.12. The lowest BCUT2D eigenvalue weighted by Crippen LogP contribution is -2.01. The summed E-state index contributed by atoms with van der Waals surface area (Å²) in [6.07, 6.45) is 0. The van der Waals surface area contributed by atoms with Crippen molar-refractivity contribution in [2.75, 3.05) is 0 Å². The van der Waals surface area contributed by atoms with E-state index in [0.717, 1.165) is 72.9 Å². The smallest absolute Gasteiger partial charge is 0.164 e. The Morgan fingerprint density at radius 1 is 0.276 bits per heavy atom. The average molecular weight is 744 g/mol. The van der Waals surface area contributed by atoms with E-state index in [4.69, 9.17) is 24.9 Å². The maximum Gasteiger partial charge on any atom is 0.164 e. The summed E-state index contributed by atoms with van der Waals surface area (Å²) in [5, 5.41) is 2.38. The van der Waals surface area contributed by atoms with E-state index < -0.39 is 0 Å². The van der Waals surface area contributed by atoms with E-state index in [9.17, 15) is 0 Å². The SMILES string of the molecule is c1ccc(-c2nc(-c3ccc(-c4nc5ccccc5n4-c4ccccc4)cc3)nc(-c3ccc(-c4nc5ccccc5n4-c4ccc5ccccc5c4)cc3)n2)cc1. The van der Waals surface area contributed by atoms with Gasteiger partial charge in [-0.05, 0) is 59.3 Å². The van der Waals surface area contributed by atoms with Crippen molar-refractivity contribution in [3.8, 4) is 68.3 Å². The number of benzene rings is 8. The molecule has 0 amide bonds. The zero-order valence-electron chi connectivity index (χ0n) is 31.2. The van der Waals surface area contributed by atoms with E-state index in [1.54, 1.807) is 0 Å². The van der Waals surface area contributed by atoms with Gasteiger partial charge in [0.15, 0.2) is 17.5 Å². The molecule has 272 valence electrons. The molecule has 0 radical (unpaired) electrons. The molecule has 3 aromatic heterocycles. The van der Waals surface area contributed by atoms with Crippen LogP contribution in [0.25, 0.3) is 101 Å². The third-order valence-electron chi connectivity index (χ3n) is 10.6. The van der Waals surface area contributed by atoms with Crippen LogP contribution in [0.15, 0.2) is 200 Å². The maximum absolute atomic E-state index is 5.13. The van der Waals surface area contributed by atoms with Crippen molar-refractivity contribution in [2.24, 2.45) is 0 Å². The van der Waals surface area contributed by atoms with Crippen LogP contribution in [-0.2, 0) is 0 Å². The van der Waals surface area contributed by atoms with Gasteiger partial charge in [-0.1, -0.05) is 152 Å². The third-order valence-corrected chi connectivity index (χ3v) is 10.6. The van der Waals surface area contributed by atoms with E-state index in [1.165, 1.54) is 10.8 Å². The summed E-state index contributed by atoms with van der Waals surface area (Å²) in [6, 6.07) is 68.6. The van der Waals surface area contributed by atoms with Gasteiger partial charge < -0.3 is 0 Å². The molecule has 3 heterocycles. The Kier molecular flexibility index (Phi) is 8.00. The van der Waals surface area contributed by atoms with Crippen molar-refractivity contribution in [1.82, 2.24) is 34.1 Å². The molecule has 0 saturated heterocycles. The van der Waals surface area contributed by atoms with Crippen LogP contribution in [-0.4, -0.2) is 34.1 Å². The van der Waals surface area contributed by atoms with Gasteiger partial charge >= 0.3 is 0 Å². The van der Waals surface area contributed by atoms with Gasteiger partial charge in [-0.3, -0.25) is 9.13 Å². The first-order valence-electron chi connectivity index (χ1n) is 19.3. The minimum atomic E-state index is 0.591. The summed E-state index contributed by atoms with van der Waals surface area (Å²) >= 11 is 0. The summed E-state index contributed by atoms with van der Waals surface area (Å²) < 4.78 is 4.45. The Balaban J connectivity index is 0.986. The highest BCUT2D eigenvalue weighted by atomic mass is 15.1. The topological polar surface area (TPSA) is 74.3 Å². The van der Waals surface area contributed by atoms with E-state index in [2.05, 4.69) is 161 Å². The molecule has 0 N–H and O–H groups in total. The summed E-state index contributed by atoms with van der Waals surface area (Å²) in [6.45, 7) is 0. The molecule has 11 aromatic rings. The minimum Gasteiger partial charge on any atom is -0.292 e. The molecular formula is C51H33N7. The van der Waals surface area contributed by atoms with Crippen LogP contribution >= 0.6 is 0 Å². The van der Waals surface area contributed by atoms with Crippen molar-refractivity contribution >= 4 is 32.8 Å². The highest BCUT2D eigenvalue weighted by Gasteiger charge is 2.18. The molecule has 0 aliphatic carbocycles. The second-order valence-corrected chi connectivity index (χ2v) is 14.2. The van der Waals surface area contributed by atoms with Gasteiger partial charge in [0, 0.05) is 39.2 Å². The molecule has 0 unspecified atom stereocenters. The number of para-hydroxylation sites is 5. The molecule has 58 heavy (non-hydrogen) atoms. The molecule has 7 nitrogen and oxygen atoms in total. The van der Waals surface area contributed by atoms with Gasteiger partial charge in [0.2, 0.25) is 0 Å². The molecule has 0 fully saturated rings. The van der Waals surface area contributed by atoms with E-state index in [1.807, 2.05) is 48.5 Å². The Bertz CT molecular complexity index is 3260. The van der Waals surface area contributed by atoms with Crippen LogP contribution in [0.3, 0.4) is 0 Å². The monoisotopic (exact) mass is 743 g/mol. The average Bonchev–Trinajstić information content (AvgIpc) is 3.89. The van der Waals surface area contributed by atoms with Crippen molar-refractivity contribution in [1.29, 1.82) is 0 Å². The van der Waals surface area contributed by atoms with Crippen LogP contribution in [0.4, 0.5) is 0 Å². The van der Waals surface area contributed by atoms with Gasteiger partial charge in [-0.15, -0.1) is 0 Å². The second kappa shape index (κ2) is 13.9. The molecule has 0 bridgehead atoms. The predicted molar refractivity (Wildman–Crippen MR) is 234 cm³/mol. The van der Waals surface area contributed by atoms with Crippen molar-refractivity contribution in [2.45, 2.75) is 0 Å². The van der Waals surface area contributed by atoms with Crippen LogP contribution in [0.1, 0.15) is 0 Å². The zero-order chi connectivity index (χ0) is 38.4. The predicted octanol–water partition coefficient (Wildman–Crippen LogP) is 12.0. The Hall–Kier alpha value is -8.03. The number of imidazole rings is 2. The fourth-order valence-corrected chi connectivity index (χ4v) is 7.74. The van der Waals surface area contributed by atoms with E-state index >= 15 is 0 Å². The molecule has 0 saturated carbocycles. The number of hydrogen-bond acceptors (Lipinski definition) is 5. The van der Waals surface area contributed by atoms with Crippen LogP contribution < -0.4 is 0 Å². The van der Waals surface area contributed by atoms with Crippen molar-refractivity contribution in [3.05, 3.63) is 200 Å². The fraction of sp³-hybridized carbons (Fsp3) is 0. The number of hydrogen-bond donors (Lipinski definition) is 0. The van der Waals surface area contributed by atoms with E-state index in [0.29, 0.717) is 17.5 Å². The molecule has 0 atom stereocenters. The molecule has 0 aliphatic heterocycles. The van der Waals surface area contributed by atoms with Gasteiger partial charge in [0.1, 0.15) is 11.6 Å². The number of rotatable bonds is 7. The van der Waals surface area contributed by atoms with E-state index in [-0.39, 0.29) is 0 Å². The summed E-state index contributed by atoms with van der Waals surface area (Å²) in [5.41, 5.74) is 10.8. The number of aromatic nitrogens is 7. The fourth-order valence-electron chi connectivity index (χ4n) is 7.74. The molecule has 0 aliphatic rings. The summed E-state index contributed by atoms with van der Waals surface area (Å²) in [4.78, 5) is 25.3. The molecule has 11 rings (SSSR count). The van der Waals surface area contributed by atoms with Gasteiger partial charge in [-0.2, -0.15) is 0 Å². The summed E-state index contributed by atoms with van der Waals surface area (Å²) in [5.74, 6) is 3.53. The second-order valence-electron chi connectivity index (χ2n) is 14.2. The molecule has 0 spiro atoms. The Morgan fingerprint density at radius 3 is 1.24 bits per heavy atom. The Morgan fingerprint density at radius 2 is 0.690 bits per heavy atom. The first kappa shape index (κ1) is 33.3. The molecular weight excluding hydrogens is 711 g/mol. The lowest BCUT2D eigenvalue weighted by atomic mass is 10.1. The number of fused-ring (bicyclic) bond motifs is 3. The van der Waals surface area contributed by atoms with Gasteiger partial charge in [-0.25, -0.2) is 24.9 Å². The summed E-state index contributed by atoms with van der Waals surface area (Å²) in [7, 11) is 0. The first-order chi connectivity index (χ1) is 28.7. The number of nitrogens with zero attached hydrogens (tertiary/aromatic N) is 7. The minimum absolute atomic E-state index is 0.591. The Labute approximate surface area is 334 Å². The maximum atomic E-state index is 5.13. The van der Waals surface area contributed by atoms with Crippen LogP contribution in [0.2, 0.25) is 0 Å². The van der Waals surface area contributed by atoms with Crippen LogP contribution in [0, 0.1) is 0 Å². The standard InChI is InChI=1S/C51H33N7/c1-3-14-35(15-4-1)47-54-48(36-23-27-38(28-24-36)50-52-43-19-9-11-21-45(43)57(50)41-17-5-2-6-18-41)56-49(55-47)37-25-29-39(30-26-37)51-53-44-20-10-12-22-46(44)58(51)42-32-31-34-13-7-8-16-40(34)33-42/h1-33H. The lowest BCUT2D eigenvalue weighted by molar-refractivity contribution is 1.07. The molecule has 8 aromatic carbocycles. The highest BCUT2D eigenvalue weighted by Crippen LogP contribution is 2.34. The first-order valence-corrected chi connectivity index (χ1v) is 19.3. The molecule has 7 heteroatoms.